The first-order valence-electron chi connectivity index (χ1n) is 4.21. The highest BCUT2D eigenvalue weighted by molar-refractivity contribution is 4.99. The summed E-state index contributed by atoms with van der Waals surface area (Å²) in [4.78, 5) is 0. The lowest BCUT2D eigenvalue weighted by Gasteiger charge is -1.89. The highest BCUT2D eigenvalue weighted by Gasteiger charge is 1.70. The van der Waals surface area contributed by atoms with Gasteiger partial charge in [-0.15, -0.1) is 13.2 Å². The normalized spacial score (nSPS) is 5.78. The van der Waals surface area contributed by atoms with Crippen LogP contribution in [0.1, 0.15) is 0 Å². The number of rotatable bonds is 4. The number of hydrogen-bond donors (Lipinski definition) is 0. The summed E-state index contributed by atoms with van der Waals surface area (Å²) >= 11 is 0. The zero-order chi connectivity index (χ0) is 9.78. The molecule has 0 atom stereocenters. The highest BCUT2D eigenvalue weighted by atomic mass is 19.0. The minimum absolute atomic E-state index is 0. The summed E-state index contributed by atoms with van der Waals surface area (Å²) in [6.07, 6.45) is 3.42. The van der Waals surface area contributed by atoms with Crippen molar-refractivity contribution in [2.24, 2.45) is 0 Å². The van der Waals surface area contributed by atoms with Crippen molar-refractivity contribution >= 4 is 0 Å². The van der Waals surface area contributed by atoms with Crippen molar-refractivity contribution in [1.29, 1.82) is 0 Å². The number of halogens is 5. The third-order valence-electron chi connectivity index (χ3n) is 1.14. The van der Waals surface area contributed by atoms with Crippen LogP contribution in [0.2, 0.25) is 0 Å². The second kappa shape index (κ2) is 36.2. The van der Waals surface area contributed by atoms with Gasteiger partial charge in [-0.25, -0.2) is 0 Å². The van der Waals surface area contributed by atoms with Gasteiger partial charge in [-0.05, 0) is 0 Å². The zero-order valence-electron chi connectivity index (χ0n) is 9.90. The van der Waals surface area contributed by atoms with Crippen LogP contribution >= 0.6 is 0 Å². The van der Waals surface area contributed by atoms with E-state index in [0.29, 0.717) is 13.2 Å². The van der Waals surface area contributed by atoms with Crippen molar-refractivity contribution < 1.29 is 28.3 Å². The Hall–Kier alpha value is -1.69. The maximum Gasteiger partial charge on any atom is 0.0649 e. The molecule has 0 aromatic heterocycles. The van der Waals surface area contributed by atoms with Gasteiger partial charge in [-0.1, -0.05) is 48.6 Å². The number of ether oxygens (including phenoxy) is 1. The predicted octanol–water partition coefficient (Wildman–Crippen LogP) is 3.82. The molecule has 0 N–H and O–H groups in total. The Balaban J connectivity index is -0.0000000314. The highest BCUT2D eigenvalue weighted by Crippen LogP contribution is 1.79. The topological polar surface area (TPSA) is 9.23 Å². The molecule has 1 aromatic rings. The van der Waals surface area contributed by atoms with E-state index in [1.165, 1.54) is 0 Å². The van der Waals surface area contributed by atoms with Gasteiger partial charge in [0.25, 0.3) is 0 Å². The SMILES string of the molecule is C=CCOCC=C.F.F.F.F.F.c1ccccc1. The minimum atomic E-state index is 0. The van der Waals surface area contributed by atoms with E-state index in [0.717, 1.165) is 0 Å². The predicted molar refractivity (Wildman–Crippen MR) is 70.2 cm³/mol. The lowest BCUT2D eigenvalue weighted by atomic mass is 10.4. The van der Waals surface area contributed by atoms with Gasteiger partial charge in [0.05, 0.1) is 13.2 Å². The third kappa shape index (κ3) is 36.7. The van der Waals surface area contributed by atoms with Crippen molar-refractivity contribution in [3.63, 3.8) is 0 Å². The molecule has 0 amide bonds. The maximum absolute atomic E-state index is 4.90. The van der Waals surface area contributed by atoms with Crippen LogP contribution in [0, 0.1) is 0 Å². The molecule has 0 aliphatic heterocycles. The Morgan fingerprint density at radius 3 is 1.00 bits per heavy atom. The first-order chi connectivity index (χ1) is 6.41. The smallest absolute Gasteiger partial charge is 0.0649 e. The number of hydrogen-bond acceptors (Lipinski definition) is 1. The van der Waals surface area contributed by atoms with Crippen LogP contribution in [0.15, 0.2) is 61.7 Å². The summed E-state index contributed by atoms with van der Waals surface area (Å²) in [6, 6.07) is 12.0. The van der Waals surface area contributed by atoms with E-state index >= 15 is 0 Å². The summed E-state index contributed by atoms with van der Waals surface area (Å²) in [5, 5.41) is 0. The van der Waals surface area contributed by atoms with Crippen LogP contribution in [0.25, 0.3) is 0 Å². The molecule has 110 valence electrons. The Bertz CT molecular complexity index is 184. The van der Waals surface area contributed by atoms with E-state index < -0.39 is 0 Å². The van der Waals surface area contributed by atoms with Crippen LogP contribution in [-0.2, 0) is 4.74 Å². The molecular weight excluding hydrogens is 255 g/mol. The monoisotopic (exact) mass is 276 g/mol. The molecule has 0 aliphatic carbocycles. The van der Waals surface area contributed by atoms with Crippen LogP contribution < -0.4 is 0 Å². The molecule has 0 saturated heterocycles. The van der Waals surface area contributed by atoms with Gasteiger partial charge in [0.2, 0.25) is 0 Å². The Morgan fingerprint density at radius 2 is 0.833 bits per heavy atom. The van der Waals surface area contributed by atoms with Gasteiger partial charge >= 0.3 is 0 Å². The molecule has 0 bridgehead atoms. The molecule has 1 aromatic carbocycles. The molecule has 18 heavy (non-hydrogen) atoms. The molecule has 1 rings (SSSR count). The van der Waals surface area contributed by atoms with E-state index in [1.54, 1.807) is 12.2 Å². The average molecular weight is 276 g/mol. The van der Waals surface area contributed by atoms with Crippen molar-refractivity contribution in [2.45, 2.75) is 0 Å². The molecule has 0 spiro atoms. The average Bonchev–Trinajstić information content (AvgIpc) is 2.22. The molecule has 1 nitrogen and oxygen atoms in total. The number of benzene rings is 1. The molecule has 0 aliphatic rings. The lowest BCUT2D eigenvalue weighted by molar-refractivity contribution is 0.194. The Labute approximate surface area is 104 Å². The Kier molecular flexibility index (Phi) is 72.3. The van der Waals surface area contributed by atoms with Gasteiger partial charge in [-0.3, -0.25) is 23.5 Å². The first kappa shape index (κ1) is 36.0. The maximum atomic E-state index is 4.90. The van der Waals surface area contributed by atoms with E-state index in [4.69, 9.17) is 4.74 Å². The molecular formula is C12H21F5O. The van der Waals surface area contributed by atoms with Crippen molar-refractivity contribution in [1.82, 2.24) is 0 Å². The van der Waals surface area contributed by atoms with Gasteiger partial charge < -0.3 is 4.74 Å². The summed E-state index contributed by atoms with van der Waals surface area (Å²) in [5.74, 6) is 0. The van der Waals surface area contributed by atoms with Crippen molar-refractivity contribution in [3.8, 4) is 0 Å². The van der Waals surface area contributed by atoms with Crippen LogP contribution in [0.3, 0.4) is 0 Å². The van der Waals surface area contributed by atoms with Crippen molar-refractivity contribution in [3.05, 3.63) is 61.7 Å². The molecule has 0 heterocycles. The summed E-state index contributed by atoms with van der Waals surface area (Å²) < 4.78 is 4.90. The lowest BCUT2D eigenvalue weighted by Crippen LogP contribution is -1.87. The fourth-order valence-corrected chi connectivity index (χ4v) is 0.620. The fraction of sp³-hybridized carbons (Fsp3) is 0.167. The van der Waals surface area contributed by atoms with E-state index in [1.807, 2.05) is 36.4 Å². The first-order valence-corrected chi connectivity index (χ1v) is 4.21. The fourth-order valence-electron chi connectivity index (χ4n) is 0.620. The van der Waals surface area contributed by atoms with E-state index in [9.17, 15) is 0 Å². The Morgan fingerprint density at radius 1 is 0.611 bits per heavy atom. The van der Waals surface area contributed by atoms with Gasteiger partial charge in [0.15, 0.2) is 0 Å². The standard InChI is InChI=1S/C6H10O.C6H6.5FH/c1-3-5-7-6-4-2;1-2-4-6-5-3-1;;;;;/h3-4H,1-2,5-6H2;1-6H;5*1H. The van der Waals surface area contributed by atoms with Crippen LogP contribution in [0.5, 0.6) is 0 Å². The molecule has 6 heteroatoms. The van der Waals surface area contributed by atoms with E-state index in [-0.39, 0.29) is 23.5 Å². The summed E-state index contributed by atoms with van der Waals surface area (Å²) in [7, 11) is 0. The zero-order valence-corrected chi connectivity index (χ0v) is 9.90. The largest absolute Gasteiger partial charge is 0.373 e. The van der Waals surface area contributed by atoms with Crippen LogP contribution in [0.4, 0.5) is 23.5 Å². The second-order valence-electron chi connectivity index (χ2n) is 2.27. The molecule has 0 fully saturated rings. The molecule has 0 unspecified atom stereocenters. The molecule has 0 radical (unpaired) electrons. The summed E-state index contributed by atoms with van der Waals surface area (Å²) in [5.41, 5.74) is 0. The molecule has 0 saturated carbocycles. The minimum Gasteiger partial charge on any atom is -0.373 e. The van der Waals surface area contributed by atoms with Gasteiger partial charge in [0.1, 0.15) is 0 Å². The second-order valence-corrected chi connectivity index (χ2v) is 2.27. The van der Waals surface area contributed by atoms with E-state index in [2.05, 4.69) is 13.2 Å². The van der Waals surface area contributed by atoms with Crippen molar-refractivity contribution in [2.75, 3.05) is 13.2 Å². The summed E-state index contributed by atoms with van der Waals surface area (Å²) in [6.45, 7) is 8.18. The third-order valence-corrected chi connectivity index (χ3v) is 1.14. The van der Waals surface area contributed by atoms with Crippen LogP contribution in [-0.4, -0.2) is 13.2 Å². The van der Waals surface area contributed by atoms with Gasteiger partial charge in [-0.2, -0.15) is 0 Å². The quantitative estimate of drug-likeness (QED) is 0.461. The van der Waals surface area contributed by atoms with Gasteiger partial charge in [0, 0.05) is 0 Å².